The molecule has 0 bridgehead atoms. The average Bonchev–Trinajstić information content (AvgIpc) is 2.73. The Kier molecular flexibility index (Phi) is 10.1. The van der Waals surface area contributed by atoms with Crippen LogP contribution in [0.2, 0.25) is 0 Å². The van der Waals surface area contributed by atoms with E-state index in [1.807, 2.05) is 17.9 Å². The van der Waals surface area contributed by atoms with Gasteiger partial charge in [0, 0.05) is 31.3 Å². The third-order valence-electron chi connectivity index (χ3n) is 5.36. The molecule has 3 N–H and O–H groups in total. The second-order valence-corrected chi connectivity index (χ2v) is 7.73. The van der Waals surface area contributed by atoms with Gasteiger partial charge in [0.05, 0.1) is 24.4 Å². The van der Waals surface area contributed by atoms with Gasteiger partial charge in [-0.3, -0.25) is 0 Å². The normalized spacial score (nSPS) is 15.8. The van der Waals surface area contributed by atoms with E-state index in [0.717, 1.165) is 6.07 Å². The number of halogens is 4. The Labute approximate surface area is 204 Å². The minimum Gasteiger partial charge on any atom is -0.393 e. The number of nitrogens with one attached hydrogen (secondary N) is 2. The summed E-state index contributed by atoms with van der Waals surface area (Å²) in [5.74, 6) is -1.11. The van der Waals surface area contributed by atoms with Crippen LogP contribution in [-0.2, 0) is 6.54 Å². The Bertz CT molecular complexity index is 920. The number of aliphatic hydroxyl groups is 1. The summed E-state index contributed by atoms with van der Waals surface area (Å²) in [6.07, 6.45) is 0.960. The summed E-state index contributed by atoms with van der Waals surface area (Å²) in [6.45, 7) is 5.75. The monoisotopic (exact) mass is 562 g/mol. The van der Waals surface area contributed by atoms with Gasteiger partial charge in [-0.15, -0.1) is 24.0 Å². The van der Waals surface area contributed by atoms with Gasteiger partial charge in [0.25, 0.3) is 0 Å². The van der Waals surface area contributed by atoms with Crippen molar-refractivity contribution in [1.29, 1.82) is 0 Å². The molecule has 2 aromatic carbocycles. The molecule has 32 heavy (non-hydrogen) atoms. The largest absolute Gasteiger partial charge is 0.393 e. The molecule has 3 rings (SSSR count). The zero-order valence-electron chi connectivity index (χ0n) is 18.2. The Morgan fingerprint density at radius 2 is 1.84 bits per heavy atom. The Balaban J connectivity index is 0.00000363. The van der Waals surface area contributed by atoms with Crippen LogP contribution in [0.3, 0.4) is 0 Å². The highest BCUT2D eigenvalue weighted by Gasteiger charge is 2.20. The van der Waals surface area contributed by atoms with Gasteiger partial charge in [-0.1, -0.05) is 12.1 Å². The Morgan fingerprint density at radius 1 is 1.12 bits per heavy atom. The van der Waals surface area contributed by atoms with Crippen LogP contribution in [0, 0.1) is 17.5 Å². The standard InChI is InChI=1S/C23H29F3N4O.HI/c1-3-27-23(29-15(2)19-6-5-17(24)13-20(19)25)28-14-16-4-7-22(21(26)12-16)30-10-8-18(31)9-11-30;/h4-7,12-13,15,18,31H,3,8-11,14H2,1-2H3,(H2,27,28,29);1H. The predicted octanol–water partition coefficient (Wildman–Crippen LogP) is 4.50. The second kappa shape index (κ2) is 12.3. The molecule has 0 saturated carbocycles. The molecule has 176 valence electrons. The molecule has 0 spiro atoms. The Hall–Kier alpha value is -2.01. The molecule has 1 aliphatic heterocycles. The first-order valence-electron chi connectivity index (χ1n) is 10.6. The van der Waals surface area contributed by atoms with E-state index in [0.29, 0.717) is 55.2 Å². The molecule has 0 aromatic heterocycles. The van der Waals surface area contributed by atoms with Crippen LogP contribution in [0.15, 0.2) is 41.4 Å². The van der Waals surface area contributed by atoms with Crippen molar-refractivity contribution in [2.24, 2.45) is 4.99 Å². The summed E-state index contributed by atoms with van der Waals surface area (Å²) in [6, 6.07) is 8.08. The van der Waals surface area contributed by atoms with Crippen LogP contribution in [0.4, 0.5) is 18.9 Å². The van der Waals surface area contributed by atoms with Gasteiger partial charge < -0.3 is 20.6 Å². The summed E-state index contributed by atoms with van der Waals surface area (Å²) in [4.78, 5) is 6.42. The molecule has 0 amide bonds. The van der Waals surface area contributed by atoms with Gasteiger partial charge in [0.1, 0.15) is 17.5 Å². The fourth-order valence-corrected chi connectivity index (χ4v) is 3.64. The fraction of sp³-hybridized carbons (Fsp3) is 0.435. The highest BCUT2D eigenvalue weighted by Crippen LogP contribution is 2.24. The fourth-order valence-electron chi connectivity index (χ4n) is 3.64. The molecule has 2 aromatic rings. The highest BCUT2D eigenvalue weighted by atomic mass is 127. The predicted molar refractivity (Wildman–Crippen MR) is 132 cm³/mol. The lowest BCUT2D eigenvalue weighted by Gasteiger charge is -2.31. The van der Waals surface area contributed by atoms with E-state index in [4.69, 9.17) is 0 Å². The number of aliphatic hydroxyl groups excluding tert-OH is 1. The zero-order chi connectivity index (χ0) is 22.4. The number of benzene rings is 2. The third-order valence-corrected chi connectivity index (χ3v) is 5.36. The second-order valence-electron chi connectivity index (χ2n) is 7.73. The van der Waals surface area contributed by atoms with E-state index in [-0.39, 0.29) is 42.4 Å². The third kappa shape index (κ3) is 6.99. The van der Waals surface area contributed by atoms with Crippen LogP contribution in [0.25, 0.3) is 0 Å². The van der Waals surface area contributed by atoms with Gasteiger partial charge in [0.2, 0.25) is 0 Å². The molecule has 1 aliphatic rings. The van der Waals surface area contributed by atoms with Gasteiger partial charge >= 0.3 is 0 Å². The van der Waals surface area contributed by atoms with Crippen molar-refractivity contribution >= 4 is 35.6 Å². The number of aliphatic imine (C=N–C) groups is 1. The number of rotatable bonds is 6. The minimum absolute atomic E-state index is 0. The van der Waals surface area contributed by atoms with Crippen molar-refractivity contribution in [1.82, 2.24) is 10.6 Å². The van der Waals surface area contributed by atoms with Crippen LogP contribution < -0.4 is 15.5 Å². The zero-order valence-corrected chi connectivity index (χ0v) is 20.6. The van der Waals surface area contributed by atoms with Crippen LogP contribution in [0.1, 0.15) is 43.9 Å². The molecule has 1 heterocycles. The quantitative estimate of drug-likeness (QED) is 0.276. The molecule has 1 saturated heterocycles. The summed E-state index contributed by atoms with van der Waals surface area (Å²) < 4.78 is 41.9. The molecule has 1 atom stereocenters. The van der Waals surface area contributed by atoms with E-state index < -0.39 is 17.7 Å². The molecular formula is C23H30F3IN4O. The highest BCUT2D eigenvalue weighted by molar-refractivity contribution is 14.0. The first kappa shape index (κ1) is 26.2. The van der Waals surface area contributed by atoms with E-state index >= 15 is 0 Å². The summed E-state index contributed by atoms with van der Waals surface area (Å²) in [7, 11) is 0. The van der Waals surface area contributed by atoms with Crippen LogP contribution >= 0.6 is 24.0 Å². The molecule has 0 aliphatic carbocycles. The van der Waals surface area contributed by atoms with E-state index in [1.54, 1.807) is 13.0 Å². The van der Waals surface area contributed by atoms with Crippen molar-refractivity contribution in [2.45, 2.75) is 45.4 Å². The average molecular weight is 562 g/mol. The lowest BCUT2D eigenvalue weighted by Crippen LogP contribution is -2.39. The van der Waals surface area contributed by atoms with E-state index in [9.17, 15) is 18.3 Å². The molecule has 9 heteroatoms. The SMILES string of the molecule is CCNC(=NCc1ccc(N2CCC(O)CC2)c(F)c1)NC(C)c1ccc(F)cc1F.I. The lowest BCUT2D eigenvalue weighted by atomic mass is 10.1. The van der Waals surface area contributed by atoms with Crippen molar-refractivity contribution in [3.63, 3.8) is 0 Å². The van der Waals surface area contributed by atoms with Crippen molar-refractivity contribution < 1.29 is 18.3 Å². The number of nitrogens with zero attached hydrogens (tertiary/aromatic N) is 2. The first-order chi connectivity index (χ1) is 14.9. The lowest BCUT2D eigenvalue weighted by molar-refractivity contribution is 0.145. The van der Waals surface area contributed by atoms with E-state index in [2.05, 4.69) is 15.6 Å². The van der Waals surface area contributed by atoms with Crippen molar-refractivity contribution in [2.75, 3.05) is 24.5 Å². The van der Waals surface area contributed by atoms with Gasteiger partial charge in [-0.05, 0) is 50.5 Å². The van der Waals surface area contributed by atoms with Crippen LogP contribution in [0.5, 0.6) is 0 Å². The van der Waals surface area contributed by atoms with Gasteiger partial charge in [-0.2, -0.15) is 0 Å². The summed E-state index contributed by atoms with van der Waals surface area (Å²) >= 11 is 0. The molecule has 1 fully saturated rings. The first-order valence-corrected chi connectivity index (χ1v) is 10.6. The molecular weight excluding hydrogens is 532 g/mol. The molecule has 1 unspecified atom stereocenters. The smallest absolute Gasteiger partial charge is 0.192 e. The maximum atomic E-state index is 14.7. The number of hydrogen-bond acceptors (Lipinski definition) is 3. The number of hydrogen-bond donors (Lipinski definition) is 3. The number of piperidine rings is 1. The van der Waals surface area contributed by atoms with Crippen molar-refractivity contribution in [3.05, 3.63) is 65.0 Å². The minimum atomic E-state index is -0.626. The number of guanidine groups is 1. The number of anilines is 1. The summed E-state index contributed by atoms with van der Waals surface area (Å²) in [5, 5.41) is 15.8. The van der Waals surface area contributed by atoms with E-state index in [1.165, 1.54) is 18.2 Å². The van der Waals surface area contributed by atoms with Crippen molar-refractivity contribution in [3.8, 4) is 0 Å². The molecule has 0 radical (unpaired) electrons. The van der Waals surface area contributed by atoms with Gasteiger partial charge in [0.15, 0.2) is 5.96 Å². The van der Waals surface area contributed by atoms with Crippen LogP contribution in [-0.4, -0.2) is 36.8 Å². The maximum Gasteiger partial charge on any atom is 0.192 e. The van der Waals surface area contributed by atoms with Gasteiger partial charge in [-0.25, -0.2) is 18.2 Å². The topological polar surface area (TPSA) is 59.9 Å². The summed E-state index contributed by atoms with van der Waals surface area (Å²) in [5.41, 5.74) is 1.57. The molecule has 5 nitrogen and oxygen atoms in total. The maximum absolute atomic E-state index is 14.7. The Morgan fingerprint density at radius 3 is 2.47 bits per heavy atom.